The standard InChI is InChI=1S/C29H60O9/c1-28(2,3)8-7-10-30-12-14-32-16-18-34-20-22-36-24-26-38-27-25-37-23-21-35-19-17-33-15-13-31-11-9-29(4,5)6/h7-27H2,1-6H3. The highest BCUT2D eigenvalue weighted by molar-refractivity contribution is 4.60. The van der Waals surface area contributed by atoms with Crippen LogP contribution in [-0.2, 0) is 42.6 Å². The maximum absolute atomic E-state index is 5.57. The maximum Gasteiger partial charge on any atom is 0.0701 e. The molecule has 0 saturated carbocycles. The molecule has 38 heavy (non-hydrogen) atoms. The van der Waals surface area contributed by atoms with Crippen molar-refractivity contribution in [2.75, 3.05) is 119 Å². The molecule has 230 valence electrons. The van der Waals surface area contributed by atoms with E-state index in [2.05, 4.69) is 41.5 Å². The summed E-state index contributed by atoms with van der Waals surface area (Å²) in [6.07, 6.45) is 3.32. The summed E-state index contributed by atoms with van der Waals surface area (Å²) in [5, 5.41) is 0. The van der Waals surface area contributed by atoms with Gasteiger partial charge in [-0.2, -0.15) is 0 Å². The predicted octanol–water partition coefficient (Wildman–Crippen LogP) is 4.40. The van der Waals surface area contributed by atoms with Crippen molar-refractivity contribution in [2.24, 2.45) is 10.8 Å². The molecule has 9 nitrogen and oxygen atoms in total. The first-order valence-electron chi connectivity index (χ1n) is 14.4. The molecule has 0 fully saturated rings. The second kappa shape index (κ2) is 26.8. The van der Waals surface area contributed by atoms with Gasteiger partial charge in [0.05, 0.1) is 106 Å². The van der Waals surface area contributed by atoms with Crippen molar-refractivity contribution in [2.45, 2.75) is 60.8 Å². The maximum atomic E-state index is 5.57. The Morgan fingerprint density at radius 2 is 0.474 bits per heavy atom. The van der Waals surface area contributed by atoms with Crippen LogP contribution in [0.2, 0.25) is 0 Å². The Morgan fingerprint density at radius 1 is 0.263 bits per heavy atom. The Balaban J connectivity index is 3.07. The molecule has 0 aromatic rings. The summed E-state index contributed by atoms with van der Waals surface area (Å²) in [4.78, 5) is 0. The van der Waals surface area contributed by atoms with Gasteiger partial charge in [-0.15, -0.1) is 0 Å². The van der Waals surface area contributed by atoms with E-state index in [4.69, 9.17) is 42.6 Å². The van der Waals surface area contributed by atoms with Crippen LogP contribution in [0.1, 0.15) is 60.8 Å². The Hall–Kier alpha value is -0.360. The topological polar surface area (TPSA) is 83.1 Å². The molecule has 0 rings (SSSR count). The molecule has 0 atom stereocenters. The van der Waals surface area contributed by atoms with Crippen molar-refractivity contribution in [3.05, 3.63) is 0 Å². The van der Waals surface area contributed by atoms with Crippen molar-refractivity contribution in [3.8, 4) is 0 Å². The molecule has 0 N–H and O–H groups in total. The van der Waals surface area contributed by atoms with Crippen LogP contribution in [0.5, 0.6) is 0 Å². The van der Waals surface area contributed by atoms with Crippen molar-refractivity contribution in [3.63, 3.8) is 0 Å². The van der Waals surface area contributed by atoms with Crippen molar-refractivity contribution in [1.82, 2.24) is 0 Å². The predicted molar refractivity (Wildman–Crippen MR) is 150 cm³/mol. The van der Waals surface area contributed by atoms with E-state index in [1.165, 1.54) is 6.42 Å². The Bertz CT molecular complexity index is 422. The smallest absolute Gasteiger partial charge is 0.0701 e. The number of ether oxygens (including phenoxy) is 9. The van der Waals surface area contributed by atoms with Gasteiger partial charge in [0, 0.05) is 13.2 Å². The molecule has 0 heterocycles. The molecule has 0 aliphatic carbocycles. The van der Waals surface area contributed by atoms with Crippen LogP contribution >= 0.6 is 0 Å². The van der Waals surface area contributed by atoms with E-state index in [9.17, 15) is 0 Å². The van der Waals surface area contributed by atoms with Crippen LogP contribution in [0, 0.1) is 10.8 Å². The normalized spacial score (nSPS) is 12.5. The van der Waals surface area contributed by atoms with Crippen LogP contribution in [0.25, 0.3) is 0 Å². The third-order valence-electron chi connectivity index (χ3n) is 5.19. The molecule has 0 aromatic heterocycles. The van der Waals surface area contributed by atoms with Gasteiger partial charge >= 0.3 is 0 Å². The summed E-state index contributed by atoms with van der Waals surface area (Å²) in [6.45, 7) is 24.0. The zero-order valence-electron chi connectivity index (χ0n) is 25.5. The molecular formula is C29H60O9. The number of hydrogen-bond donors (Lipinski definition) is 0. The summed E-state index contributed by atoms with van der Waals surface area (Å²) in [5.41, 5.74) is 0.684. The van der Waals surface area contributed by atoms with Gasteiger partial charge in [-0.25, -0.2) is 0 Å². The number of rotatable bonds is 29. The quantitative estimate of drug-likeness (QED) is 0.125. The monoisotopic (exact) mass is 552 g/mol. The molecule has 0 aliphatic heterocycles. The summed E-state index contributed by atoms with van der Waals surface area (Å²) in [6, 6.07) is 0. The molecule has 0 saturated heterocycles. The van der Waals surface area contributed by atoms with Crippen LogP contribution in [0.15, 0.2) is 0 Å². The van der Waals surface area contributed by atoms with E-state index < -0.39 is 0 Å². The van der Waals surface area contributed by atoms with E-state index in [1.807, 2.05) is 0 Å². The van der Waals surface area contributed by atoms with Crippen LogP contribution < -0.4 is 0 Å². The fourth-order valence-corrected chi connectivity index (χ4v) is 2.94. The molecule has 0 aromatic carbocycles. The zero-order valence-corrected chi connectivity index (χ0v) is 25.5. The summed E-state index contributed by atoms with van der Waals surface area (Å²) in [7, 11) is 0. The lowest BCUT2D eigenvalue weighted by atomic mass is 9.91. The lowest BCUT2D eigenvalue weighted by molar-refractivity contribution is -0.0254. The third-order valence-corrected chi connectivity index (χ3v) is 5.19. The molecule has 0 unspecified atom stereocenters. The summed E-state index contributed by atoms with van der Waals surface area (Å²) >= 11 is 0. The molecule has 0 bridgehead atoms. The van der Waals surface area contributed by atoms with E-state index in [-0.39, 0.29) is 0 Å². The number of hydrogen-bond acceptors (Lipinski definition) is 9. The Morgan fingerprint density at radius 3 is 0.711 bits per heavy atom. The first kappa shape index (κ1) is 37.6. The van der Waals surface area contributed by atoms with Crippen LogP contribution in [0.4, 0.5) is 0 Å². The van der Waals surface area contributed by atoms with Crippen molar-refractivity contribution in [1.29, 1.82) is 0 Å². The summed E-state index contributed by atoms with van der Waals surface area (Å²) in [5.74, 6) is 0. The lowest BCUT2D eigenvalue weighted by Gasteiger charge is -2.17. The van der Waals surface area contributed by atoms with Crippen LogP contribution in [-0.4, -0.2) is 119 Å². The highest BCUT2D eigenvalue weighted by atomic mass is 16.6. The second-order valence-electron chi connectivity index (χ2n) is 11.5. The third kappa shape index (κ3) is 35.6. The fraction of sp³-hybridized carbons (Fsp3) is 1.00. The minimum absolute atomic E-state index is 0.311. The highest BCUT2D eigenvalue weighted by Crippen LogP contribution is 2.20. The minimum atomic E-state index is 0.311. The molecular weight excluding hydrogens is 492 g/mol. The Labute approximate surface area is 233 Å². The first-order chi connectivity index (χ1) is 18.2. The van der Waals surface area contributed by atoms with Gasteiger partial charge in [0.15, 0.2) is 0 Å². The molecule has 0 radical (unpaired) electrons. The van der Waals surface area contributed by atoms with Gasteiger partial charge in [0.2, 0.25) is 0 Å². The minimum Gasteiger partial charge on any atom is -0.379 e. The van der Waals surface area contributed by atoms with E-state index in [0.717, 1.165) is 26.1 Å². The van der Waals surface area contributed by atoms with Gasteiger partial charge in [-0.3, -0.25) is 0 Å². The van der Waals surface area contributed by atoms with Gasteiger partial charge in [0.1, 0.15) is 0 Å². The van der Waals surface area contributed by atoms with E-state index in [0.29, 0.717) is 117 Å². The average molecular weight is 553 g/mol. The second-order valence-corrected chi connectivity index (χ2v) is 11.5. The average Bonchev–Trinajstić information content (AvgIpc) is 2.84. The van der Waals surface area contributed by atoms with Gasteiger partial charge in [0.25, 0.3) is 0 Å². The van der Waals surface area contributed by atoms with Crippen molar-refractivity contribution >= 4 is 0 Å². The van der Waals surface area contributed by atoms with Gasteiger partial charge < -0.3 is 42.6 Å². The SMILES string of the molecule is CC(C)(C)CCCOCCOCCOCCOCCOCCOCCOCCOCCOCCC(C)(C)C. The lowest BCUT2D eigenvalue weighted by Crippen LogP contribution is -2.15. The van der Waals surface area contributed by atoms with Gasteiger partial charge in [-0.1, -0.05) is 41.5 Å². The molecule has 0 aliphatic rings. The van der Waals surface area contributed by atoms with E-state index >= 15 is 0 Å². The van der Waals surface area contributed by atoms with E-state index in [1.54, 1.807) is 0 Å². The molecule has 0 amide bonds. The zero-order chi connectivity index (χ0) is 28.2. The largest absolute Gasteiger partial charge is 0.379 e. The molecule has 0 spiro atoms. The molecule has 9 heteroatoms. The van der Waals surface area contributed by atoms with Crippen LogP contribution in [0.3, 0.4) is 0 Å². The Kier molecular flexibility index (Phi) is 26.6. The van der Waals surface area contributed by atoms with Crippen molar-refractivity contribution < 1.29 is 42.6 Å². The summed E-state index contributed by atoms with van der Waals surface area (Å²) < 4.78 is 49.5. The van der Waals surface area contributed by atoms with Gasteiger partial charge in [-0.05, 0) is 30.1 Å². The first-order valence-corrected chi connectivity index (χ1v) is 14.4. The fourth-order valence-electron chi connectivity index (χ4n) is 2.94. The highest BCUT2D eigenvalue weighted by Gasteiger charge is 2.09.